The van der Waals surface area contributed by atoms with Crippen molar-refractivity contribution in [3.05, 3.63) is 82.3 Å². The molecule has 2 heterocycles. The molecule has 1 N–H and O–H groups in total. The van der Waals surface area contributed by atoms with E-state index in [9.17, 15) is 22.8 Å². The average Bonchev–Trinajstić information content (AvgIpc) is 3.21. The number of ether oxygens (including phenoxy) is 1. The van der Waals surface area contributed by atoms with Crippen LogP contribution in [-0.2, 0) is 12.6 Å². The zero-order valence-electron chi connectivity index (χ0n) is 20.2. The highest BCUT2D eigenvalue weighted by Crippen LogP contribution is 2.35. The van der Waals surface area contributed by atoms with Crippen molar-refractivity contribution in [3.8, 4) is 5.75 Å². The number of furan rings is 1. The second-order valence-electron chi connectivity index (χ2n) is 9.30. The Kier molecular flexibility index (Phi) is 6.51. The van der Waals surface area contributed by atoms with E-state index in [0.29, 0.717) is 17.0 Å². The number of aliphatic imine (C=N–C) groups is 1. The molecule has 4 rings (SSSR count). The lowest BCUT2D eigenvalue weighted by Gasteiger charge is -2.29. The van der Waals surface area contributed by atoms with E-state index in [-0.39, 0.29) is 29.2 Å². The molecule has 0 unspecified atom stereocenters. The number of halogens is 3. The number of benzene rings is 2. The lowest BCUT2D eigenvalue weighted by Crippen LogP contribution is -2.30. The third kappa shape index (κ3) is 5.35. The summed E-state index contributed by atoms with van der Waals surface area (Å²) in [4.78, 5) is 30.6. The fourth-order valence-corrected chi connectivity index (χ4v) is 4.29. The topological polar surface area (TPSA) is 80.9 Å². The number of aryl methyl sites for hydroxylation is 1. The van der Waals surface area contributed by atoms with Gasteiger partial charge in [-0.25, -0.2) is 0 Å². The lowest BCUT2D eigenvalue weighted by atomic mass is 9.85. The quantitative estimate of drug-likeness (QED) is 0.407. The number of amides is 1. The van der Waals surface area contributed by atoms with Crippen LogP contribution < -0.4 is 10.1 Å². The van der Waals surface area contributed by atoms with Crippen LogP contribution in [0.5, 0.6) is 5.75 Å². The Morgan fingerprint density at radius 3 is 2.58 bits per heavy atom. The molecule has 3 aromatic rings. The molecule has 188 valence electrons. The maximum absolute atomic E-state index is 13.2. The summed E-state index contributed by atoms with van der Waals surface area (Å²) < 4.78 is 49.7. The molecule has 0 saturated carbocycles. The van der Waals surface area contributed by atoms with E-state index in [1.165, 1.54) is 19.1 Å². The summed E-state index contributed by atoms with van der Waals surface area (Å²) in [6.07, 6.45) is -4.08. The Morgan fingerprint density at radius 2 is 1.89 bits per heavy atom. The Bertz CT molecular complexity index is 1370. The van der Waals surface area contributed by atoms with Crippen molar-refractivity contribution in [3.63, 3.8) is 0 Å². The highest BCUT2D eigenvalue weighted by atomic mass is 19.4. The number of anilines is 1. The van der Waals surface area contributed by atoms with Crippen LogP contribution in [0.4, 0.5) is 18.9 Å². The van der Waals surface area contributed by atoms with Gasteiger partial charge in [0.15, 0.2) is 5.78 Å². The van der Waals surface area contributed by atoms with Crippen molar-refractivity contribution >= 4 is 23.1 Å². The molecule has 1 aromatic heterocycles. The third-order valence-electron chi connectivity index (χ3n) is 5.82. The average molecular weight is 499 g/mol. The fraction of sp³-hybridized carbons (Fsp3) is 0.296. The number of carbonyl (C=O) groups excluding carboxylic acids is 2. The third-order valence-corrected chi connectivity index (χ3v) is 5.82. The van der Waals surface area contributed by atoms with E-state index in [2.05, 4.69) is 9.73 Å². The number of nitrogens with zero attached hydrogens (tertiary/aromatic N) is 1. The van der Waals surface area contributed by atoms with Gasteiger partial charge in [-0.15, -0.1) is 0 Å². The Labute approximate surface area is 206 Å². The van der Waals surface area contributed by atoms with Gasteiger partial charge in [0.1, 0.15) is 11.5 Å². The van der Waals surface area contributed by atoms with E-state index < -0.39 is 23.4 Å². The van der Waals surface area contributed by atoms with Crippen LogP contribution in [0.2, 0.25) is 0 Å². The normalized spacial score (nSPS) is 14.6. The largest absolute Gasteiger partial charge is 0.497 e. The fourth-order valence-electron chi connectivity index (χ4n) is 4.29. The zero-order chi connectivity index (χ0) is 26.3. The molecule has 0 fully saturated rings. The minimum atomic E-state index is -4.81. The van der Waals surface area contributed by atoms with Gasteiger partial charge >= 0.3 is 6.18 Å². The van der Waals surface area contributed by atoms with Gasteiger partial charge in [-0.05, 0) is 63.1 Å². The predicted molar refractivity (Wildman–Crippen MR) is 129 cm³/mol. The van der Waals surface area contributed by atoms with Crippen LogP contribution in [0.3, 0.4) is 0 Å². The first-order valence-electron chi connectivity index (χ1n) is 11.2. The number of ketones is 1. The van der Waals surface area contributed by atoms with Gasteiger partial charge in [0.2, 0.25) is 5.76 Å². The summed E-state index contributed by atoms with van der Waals surface area (Å²) in [6, 6.07) is 12.8. The minimum Gasteiger partial charge on any atom is -0.497 e. The van der Waals surface area contributed by atoms with Crippen molar-refractivity contribution in [1.29, 1.82) is 0 Å². The monoisotopic (exact) mass is 498 g/mol. The van der Waals surface area contributed by atoms with Gasteiger partial charge in [-0.3, -0.25) is 14.6 Å². The molecule has 0 atom stereocenters. The van der Waals surface area contributed by atoms with E-state index >= 15 is 0 Å². The van der Waals surface area contributed by atoms with E-state index in [4.69, 9.17) is 9.73 Å². The minimum absolute atomic E-state index is 0.0140. The Morgan fingerprint density at radius 1 is 1.14 bits per heavy atom. The van der Waals surface area contributed by atoms with Crippen LogP contribution in [0, 0.1) is 6.92 Å². The van der Waals surface area contributed by atoms with E-state index in [1.807, 2.05) is 32.0 Å². The molecule has 9 heteroatoms. The SMILES string of the molecule is COc1ccc2c(c1)C(CC(=O)c1cccc(NC(=O)c3cc(C)oc3C(F)(F)F)c1)=NC(C)(C)C2. The van der Waals surface area contributed by atoms with Gasteiger partial charge in [-0.1, -0.05) is 18.2 Å². The van der Waals surface area contributed by atoms with Gasteiger partial charge in [0.25, 0.3) is 5.91 Å². The lowest BCUT2D eigenvalue weighted by molar-refractivity contribution is -0.153. The summed E-state index contributed by atoms with van der Waals surface area (Å²) in [5.74, 6) is -1.97. The standard InChI is InChI=1S/C27H25F3N2O4/c1-15-10-21(24(36-15)27(28,29)30)25(34)31-18-7-5-6-16(11-18)23(33)13-22-20-12-19(35-4)9-8-17(20)14-26(2,3)32-22/h5-12H,13-14H2,1-4H3,(H,31,34). The van der Waals surface area contributed by atoms with Gasteiger partial charge < -0.3 is 14.5 Å². The number of Topliss-reactive ketones (excluding diaryl/α,β-unsaturated/α-hetero) is 1. The number of carbonyl (C=O) groups is 2. The van der Waals surface area contributed by atoms with Gasteiger partial charge in [0.05, 0.1) is 30.3 Å². The first-order valence-corrected chi connectivity index (χ1v) is 11.2. The number of methoxy groups -OCH3 is 1. The Balaban J connectivity index is 1.57. The summed E-state index contributed by atoms with van der Waals surface area (Å²) in [5.41, 5.74) is 2.02. The smallest absolute Gasteiger partial charge is 0.450 e. The number of hydrogen-bond acceptors (Lipinski definition) is 5. The van der Waals surface area contributed by atoms with Crippen LogP contribution >= 0.6 is 0 Å². The molecule has 2 aromatic carbocycles. The molecular weight excluding hydrogens is 473 g/mol. The van der Waals surface area contributed by atoms with E-state index in [0.717, 1.165) is 23.6 Å². The second kappa shape index (κ2) is 9.29. The number of nitrogens with one attached hydrogen (secondary N) is 1. The molecule has 6 nitrogen and oxygen atoms in total. The van der Waals surface area contributed by atoms with Crippen molar-refractivity contribution in [2.45, 2.75) is 45.3 Å². The van der Waals surface area contributed by atoms with Crippen molar-refractivity contribution < 1.29 is 31.9 Å². The molecule has 36 heavy (non-hydrogen) atoms. The molecule has 1 amide bonds. The summed E-state index contributed by atoms with van der Waals surface area (Å²) in [5, 5.41) is 2.43. The molecule has 0 radical (unpaired) electrons. The molecule has 1 aliphatic heterocycles. The molecule has 0 bridgehead atoms. The maximum Gasteiger partial charge on any atom is 0.450 e. The molecular formula is C27H25F3N2O4. The van der Waals surface area contributed by atoms with Crippen LogP contribution in [0.25, 0.3) is 0 Å². The van der Waals surface area contributed by atoms with Crippen LogP contribution in [-0.4, -0.2) is 30.1 Å². The Hall–Kier alpha value is -3.88. The van der Waals surface area contributed by atoms with Crippen molar-refractivity contribution in [2.24, 2.45) is 4.99 Å². The highest BCUT2D eigenvalue weighted by molar-refractivity contribution is 6.17. The van der Waals surface area contributed by atoms with Crippen molar-refractivity contribution in [1.82, 2.24) is 0 Å². The number of rotatable bonds is 6. The summed E-state index contributed by atoms with van der Waals surface area (Å²) >= 11 is 0. The van der Waals surface area contributed by atoms with Gasteiger partial charge in [0, 0.05) is 16.8 Å². The molecule has 0 saturated heterocycles. The van der Waals surface area contributed by atoms with Crippen LogP contribution in [0.15, 0.2) is 57.9 Å². The van der Waals surface area contributed by atoms with Crippen LogP contribution in [0.1, 0.15) is 63.6 Å². The second-order valence-corrected chi connectivity index (χ2v) is 9.30. The highest BCUT2D eigenvalue weighted by Gasteiger charge is 2.40. The van der Waals surface area contributed by atoms with Gasteiger partial charge in [-0.2, -0.15) is 13.2 Å². The first-order chi connectivity index (χ1) is 16.9. The number of hydrogen-bond donors (Lipinski definition) is 1. The number of alkyl halides is 3. The number of fused-ring (bicyclic) bond motifs is 1. The first kappa shape index (κ1) is 25.2. The molecule has 0 spiro atoms. The van der Waals surface area contributed by atoms with E-state index in [1.54, 1.807) is 19.2 Å². The predicted octanol–water partition coefficient (Wildman–Crippen LogP) is 6.26. The molecule has 1 aliphatic rings. The summed E-state index contributed by atoms with van der Waals surface area (Å²) in [6.45, 7) is 5.31. The van der Waals surface area contributed by atoms with Crippen molar-refractivity contribution in [2.75, 3.05) is 12.4 Å². The maximum atomic E-state index is 13.2. The summed E-state index contributed by atoms with van der Waals surface area (Å²) in [7, 11) is 1.57. The zero-order valence-corrected chi connectivity index (χ0v) is 20.2. The molecule has 0 aliphatic carbocycles.